The third-order valence-electron chi connectivity index (χ3n) is 4.59. The molecule has 3 rings (SSSR count). The quantitative estimate of drug-likeness (QED) is 0.681. The molecule has 1 aromatic carbocycles. The zero-order valence-corrected chi connectivity index (χ0v) is 15.9. The van der Waals surface area contributed by atoms with Crippen LogP contribution < -0.4 is 0 Å². The molecule has 0 spiro atoms. The smallest absolute Gasteiger partial charge is 0.249 e. The number of amides is 2. The lowest BCUT2D eigenvalue weighted by Crippen LogP contribution is -2.44. The third kappa shape index (κ3) is 5.44. The summed E-state index contributed by atoms with van der Waals surface area (Å²) < 4.78 is 10.6. The molecule has 6 heteroatoms. The molecule has 27 heavy (non-hydrogen) atoms. The first kappa shape index (κ1) is 19.2. The Morgan fingerprint density at radius 3 is 2.41 bits per heavy atom. The second kappa shape index (κ2) is 8.86. The fourth-order valence-electron chi connectivity index (χ4n) is 3.05. The molecule has 1 aliphatic carbocycles. The first-order valence-corrected chi connectivity index (χ1v) is 9.22. The number of ether oxygens (including phenoxy) is 1. The van der Waals surface area contributed by atoms with Gasteiger partial charge in [0.2, 0.25) is 11.8 Å². The lowest BCUT2D eigenvalue weighted by Gasteiger charge is -2.27. The molecule has 1 fully saturated rings. The summed E-state index contributed by atoms with van der Waals surface area (Å²) in [6.07, 6.45) is 1.89. The van der Waals surface area contributed by atoms with Crippen molar-refractivity contribution in [3.63, 3.8) is 0 Å². The maximum atomic E-state index is 13.1. The van der Waals surface area contributed by atoms with Crippen molar-refractivity contribution < 1.29 is 18.7 Å². The zero-order valence-electron chi connectivity index (χ0n) is 15.9. The number of methoxy groups -OCH3 is 1. The van der Waals surface area contributed by atoms with Gasteiger partial charge in [0, 0.05) is 19.7 Å². The van der Waals surface area contributed by atoms with E-state index in [0.717, 1.165) is 29.9 Å². The fraction of sp³-hybridized carbons (Fsp3) is 0.429. The number of aryl methyl sites for hydroxylation is 1. The van der Waals surface area contributed by atoms with Crippen LogP contribution in [0.15, 0.2) is 46.9 Å². The number of nitrogens with zero attached hydrogens (tertiary/aromatic N) is 2. The van der Waals surface area contributed by atoms with Crippen molar-refractivity contribution in [1.29, 1.82) is 0 Å². The van der Waals surface area contributed by atoms with E-state index in [4.69, 9.17) is 9.15 Å². The number of furan rings is 1. The topological polar surface area (TPSA) is 63.0 Å². The van der Waals surface area contributed by atoms with Gasteiger partial charge in [-0.25, -0.2) is 0 Å². The molecule has 0 radical (unpaired) electrons. The minimum Gasteiger partial charge on any atom is -0.464 e. The van der Waals surface area contributed by atoms with Gasteiger partial charge in [-0.1, -0.05) is 30.3 Å². The van der Waals surface area contributed by atoms with Crippen LogP contribution in [0.25, 0.3) is 0 Å². The average molecular weight is 370 g/mol. The minimum atomic E-state index is -0.137. The summed E-state index contributed by atoms with van der Waals surface area (Å²) in [4.78, 5) is 28.8. The molecule has 0 atom stereocenters. The summed E-state index contributed by atoms with van der Waals surface area (Å²) in [6, 6.07) is 13.8. The Morgan fingerprint density at radius 2 is 1.81 bits per heavy atom. The number of carbonyl (C=O) groups is 2. The van der Waals surface area contributed by atoms with Gasteiger partial charge in [0.05, 0.1) is 6.54 Å². The van der Waals surface area contributed by atoms with Crippen molar-refractivity contribution in [2.45, 2.75) is 38.9 Å². The van der Waals surface area contributed by atoms with Gasteiger partial charge in [-0.2, -0.15) is 0 Å². The van der Waals surface area contributed by atoms with Gasteiger partial charge in [-0.15, -0.1) is 0 Å². The molecule has 2 aromatic rings. The van der Waals surface area contributed by atoms with E-state index in [9.17, 15) is 9.59 Å². The van der Waals surface area contributed by atoms with Crippen LogP contribution >= 0.6 is 0 Å². The first-order chi connectivity index (χ1) is 13.1. The van der Waals surface area contributed by atoms with Gasteiger partial charge in [-0.05, 0) is 37.5 Å². The van der Waals surface area contributed by atoms with Gasteiger partial charge in [0.1, 0.15) is 24.7 Å². The van der Waals surface area contributed by atoms with Crippen LogP contribution in [-0.4, -0.2) is 47.9 Å². The maximum absolute atomic E-state index is 13.1. The molecule has 0 unspecified atom stereocenters. The van der Waals surface area contributed by atoms with Crippen LogP contribution in [0.3, 0.4) is 0 Å². The van der Waals surface area contributed by atoms with Crippen LogP contribution in [-0.2, 0) is 27.4 Å². The van der Waals surface area contributed by atoms with Crippen molar-refractivity contribution in [2.24, 2.45) is 0 Å². The normalized spacial score (nSPS) is 13.4. The fourth-order valence-corrected chi connectivity index (χ4v) is 3.05. The number of hydrogen-bond acceptors (Lipinski definition) is 4. The molecule has 0 saturated heterocycles. The molecule has 0 N–H and O–H groups in total. The monoisotopic (exact) mass is 370 g/mol. The number of benzene rings is 1. The molecule has 1 aliphatic rings. The van der Waals surface area contributed by atoms with E-state index in [0.29, 0.717) is 13.1 Å². The van der Waals surface area contributed by atoms with E-state index >= 15 is 0 Å². The lowest BCUT2D eigenvalue weighted by atomic mass is 10.2. The third-order valence-corrected chi connectivity index (χ3v) is 4.59. The van der Waals surface area contributed by atoms with Gasteiger partial charge >= 0.3 is 0 Å². The van der Waals surface area contributed by atoms with Crippen molar-refractivity contribution >= 4 is 11.8 Å². The Hall–Kier alpha value is -2.60. The van der Waals surface area contributed by atoms with Gasteiger partial charge in [0.15, 0.2) is 0 Å². The van der Waals surface area contributed by atoms with Crippen molar-refractivity contribution in [3.8, 4) is 0 Å². The first-order valence-electron chi connectivity index (χ1n) is 9.22. The minimum absolute atomic E-state index is 0.000155. The van der Waals surface area contributed by atoms with Gasteiger partial charge in [-0.3, -0.25) is 9.59 Å². The molecule has 1 heterocycles. The standard InChI is InChI=1S/C21H26N2O4/c1-16-8-11-19(27-16)13-22(12-17-6-4-3-5-7-17)20(24)14-23(18-9-10-18)21(25)15-26-2/h3-8,11,18H,9-10,12-15H2,1-2H3. The Balaban J connectivity index is 1.73. The second-order valence-electron chi connectivity index (χ2n) is 6.93. The summed E-state index contributed by atoms with van der Waals surface area (Å²) >= 11 is 0. The largest absolute Gasteiger partial charge is 0.464 e. The Bertz CT molecular complexity index is 767. The maximum Gasteiger partial charge on any atom is 0.249 e. The van der Waals surface area contributed by atoms with Crippen LogP contribution in [0, 0.1) is 6.92 Å². The Kier molecular flexibility index (Phi) is 6.29. The number of carbonyl (C=O) groups excluding carboxylic acids is 2. The van der Waals surface area contributed by atoms with E-state index in [1.165, 1.54) is 7.11 Å². The van der Waals surface area contributed by atoms with Gasteiger partial charge < -0.3 is 19.0 Å². The predicted molar refractivity (Wildman–Crippen MR) is 101 cm³/mol. The lowest BCUT2D eigenvalue weighted by molar-refractivity contribution is -0.144. The second-order valence-corrected chi connectivity index (χ2v) is 6.93. The van der Waals surface area contributed by atoms with E-state index in [-0.39, 0.29) is 31.0 Å². The van der Waals surface area contributed by atoms with Crippen LogP contribution in [0.1, 0.15) is 29.9 Å². The summed E-state index contributed by atoms with van der Waals surface area (Å²) in [5, 5.41) is 0. The molecule has 2 amide bonds. The van der Waals surface area contributed by atoms with E-state index in [1.807, 2.05) is 49.4 Å². The van der Waals surface area contributed by atoms with Crippen LogP contribution in [0.2, 0.25) is 0 Å². The summed E-state index contributed by atoms with van der Waals surface area (Å²) in [6.45, 7) is 2.79. The number of hydrogen-bond donors (Lipinski definition) is 0. The van der Waals surface area contributed by atoms with E-state index in [2.05, 4.69) is 0 Å². The van der Waals surface area contributed by atoms with Gasteiger partial charge in [0.25, 0.3) is 0 Å². The molecule has 0 aliphatic heterocycles. The molecule has 1 aromatic heterocycles. The van der Waals surface area contributed by atoms with Crippen molar-refractivity contribution in [3.05, 3.63) is 59.5 Å². The molecular formula is C21H26N2O4. The summed E-state index contributed by atoms with van der Waals surface area (Å²) in [7, 11) is 1.49. The molecule has 144 valence electrons. The predicted octanol–water partition coefficient (Wildman–Crippen LogP) is 2.75. The highest BCUT2D eigenvalue weighted by molar-refractivity contribution is 5.85. The Morgan fingerprint density at radius 1 is 1.07 bits per heavy atom. The van der Waals surface area contributed by atoms with Crippen LogP contribution in [0.5, 0.6) is 0 Å². The summed E-state index contributed by atoms with van der Waals surface area (Å²) in [5.41, 5.74) is 1.04. The zero-order chi connectivity index (χ0) is 19.2. The number of rotatable bonds is 9. The molecule has 0 bridgehead atoms. The highest BCUT2D eigenvalue weighted by Gasteiger charge is 2.34. The highest BCUT2D eigenvalue weighted by Crippen LogP contribution is 2.27. The average Bonchev–Trinajstić information content (AvgIpc) is 3.42. The Labute approximate surface area is 159 Å². The van der Waals surface area contributed by atoms with Crippen LogP contribution in [0.4, 0.5) is 0 Å². The van der Waals surface area contributed by atoms with E-state index < -0.39 is 0 Å². The van der Waals surface area contributed by atoms with Crippen molar-refractivity contribution in [1.82, 2.24) is 9.80 Å². The molecular weight excluding hydrogens is 344 g/mol. The SMILES string of the molecule is COCC(=O)N(CC(=O)N(Cc1ccccc1)Cc1ccc(C)o1)C1CC1. The highest BCUT2D eigenvalue weighted by atomic mass is 16.5. The van der Waals surface area contributed by atoms with Crippen molar-refractivity contribution in [2.75, 3.05) is 20.3 Å². The molecule has 6 nitrogen and oxygen atoms in total. The molecule has 1 saturated carbocycles. The van der Waals surface area contributed by atoms with E-state index in [1.54, 1.807) is 9.80 Å². The summed E-state index contributed by atoms with van der Waals surface area (Å²) in [5.74, 6) is 1.32.